The summed E-state index contributed by atoms with van der Waals surface area (Å²) in [4.78, 5) is 29.9. The number of hydrogen-bond acceptors (Lipinski definition) is 5. The molecule has 7 nitrogen and oxygen atoms in total. The van der Waals surface area contributed by atoms with Gasteiger partial charge in [-0.1, -0.05) is 45.4 Å². The number of amides is 2. The normalized spacial score (nSPS) is 23.8. The van der Waals surface area contributed by atoms with Crippen LogP contribution in [-0.4, -0.2) is 72.8 Å². The van der Waals surface area contributed by atoms with E-state index in [0.29, 0.717) is 25.1 Å². The Morgan fingerprint density at radius 2 is 1.71 bits per heavy atom. The third kappa shape index (κ3) is 5.89. The summed E-state index contributed by atoms with van der Waals surface area (Å²) in [7, 11) is -3.67. The highest BCUT2D eigenvalue weighted by Gasteiger charge is 2.53. The minimum atomic E-state index is -3.67. The van der Waals surface area contributed by atoms with Gasteiger partial charge in [0.25, 0.3) is 0 Å². The van der Waals surface area contributed by atoms with Crippen LogP contribution in [0.15, 0.2) is 11.8 Å². The fourth-order valence-electron chi connectivity index (χ4n) is 5.07. The monoisotopic (exact) mass is 453 g/mol. The second-order valence-corrected chi connectivity index (χ2v) is 11.1. The molecular formula is C23H39N3O4S. The zero-order valence-electron chi connectivity index (χ0n) is 19.2. The zero-order valence-corrected chi connectivity index (χ0v) is 20.0. The van der Waals surface area contributed by atoms with E-state index >= 15 is 0 Å². The van der Waals surface area contributed by atoms with Gasteiger partial charge in [0.05, 0.1) is 23.9 Å². The Kier molecular flexibility index (Phi) is 8.56. The Hall–Kier alpha value is -1.41. The third-order valence-electron chi connectivity index (χ3n) is 6.83. The van der Waals surface area contributed by atoms with Gasteiger partial charge in [0, 0.05) is 13.0 Å². The molecular weight excluding hydrogens is 414 g/mol. The van der Waals surface area contributed by atoms with Crippen molar-refractivity contribution in [2.45, 2.75) is 83.6 Å². The van der Waals surface area contributed by atoms with Gasteiger partial charge in [-0.25, -0.2) is 12.7 Å². The number of carbonyl (C=O) groups excluding carboxylic acids is 2. The Labute approximate surface area is 187 Å². The lowest BCUT2D eigenvalue weighted by Crippen LogP contribution is -2.41. The molecule has 0 unspecified atom stereocenters. The maximum atomic E-state index is 12.9. The van der Waals surface area contributed by atoms with Gasteiger partial charge >= 0.3 is 0 Å². The number of unbranched alkanes of at least 4 members (excludes halogenated alkanes) is 6. The van der Waals surface area contributed by atoms with Gasteiger partial charge < -0.3 is 9.80 Å². The molecule has 2 saturated heterocycles. The van der Waals surface area contributed by atoms with Crippen LogP contribution in [0.25, 0.3) is 0 Å². The fraction of sp³-hybridized carbons (Fsp3) is 0.826. The van der Waals surface area contributed by atoms with Crippen LogP contribution in [0.4, 0.5) is 0 Å². The summed E-state index contributed by atoms with van der Waals surface area (Å²) in [6.07, 6.45) is 14.2. The van der Waals surface area contributed by atoms with Gasteiger partial charge in [-0.2, -0.15) is 0 Å². The highest BCUT2D eigenvalue weighted by Crippen LogP contribution is 2.40. The van der Waals surface area contributed by atoms with Crippen molar-refractivity contribution in [2.24, 2.45) is 5.92 Å². The molecule has 3 aliphatic rings. The summed E-state index contributed by atoms with van der Waals surface area (Å²) in [5, 5.41) is 0. The summed E-state index contributed by atoms with van der Waals surface area (Å²) in [5.41, 5.74) is 0.484. The Morgan fingerprint density at radius 3 is 2.29 bits per heavy atom. The van der Waals surface area contributed by atoms with Gasteiger partial charge in [-0.3, -0.25) is 9.59 Å². The van der Waals surface area contributed by atoms with Crippen LogP contribution >= 0.6 is 0 Å². The molecule has 3 aliphatic heterocycles. The highest BCUT2D eigenvalue weighted by atomic mass is 32.2. The van der Waals surface area contributed by atoms with E-state index in [9.17, 15) is 18.0 Å². The number of carbonyl (C=O) groups is 2. The quantitative estimate of drug-likeness (QED) is 0.401. The maximum Gasteiger partial charge on any atom is 0.246 e. The number of rotatable bonds is 13. The first kappa shape index (κ1) is 24.2. The van der Waals surface area contributed by atoms with E-state index in [0.717, 1.165) is 36.2 Å². The van der Waals surface area contributed by atoms with E-state index in [2.05, 4.69) is 4.90 Å². The molecule has 0 aromatic heterocycles. The molecule has 2 atom stereocenters. The van der Waals surface area contributed by atoms with Crippen LogP contribution in [-0.2, 0) is 19.6 Å². The topological polar surface area (TPSA) is 78.0 Å². The molecule has 2 fully saturated rings. The number of likely N-dealkylation sites (tertiary alicyclic amines) is 1. The number of nitrogens with zero attached hydrogens (tertiary/aromatic N) is 3. The lowest BCUT2D eigenvalue weighted by atomic mass is 9.95. The molecule has 31 heavy (non-hydrogen) atoms. The smallest absolute Gasteiger partial charge is 0.246 e. The second kappa shape index (κ2) is 10.9. The van der Waals surface area contributed by atoms with E-state index in [1.54, 1.807) is 11.0 Å². The molecule has 3 rings (SSSR count). The van der Waals surface area contributed by atoms with Gasteiger partial charge in [0.15, 0.2) is 0 Å². The fourth-order valence-corrected chi connectivity index (χ4v) is 6.10. The Bertz CT molecular complexity index is 776. The van der Waals surface area contributed by atoms with Crippen molar-refractivity contribution in [2.75, 3.05) is 32.4 Å². The van der Waals surface area contributed by atoms with Crippen molar-refractivity contribution < 1.29 is 18.0 Å². The molecule has 0 aromatic carbocycles. The van der Waals surface area contributed by atoms with Crippen LogP contribution in [0.2, 0.25) is 0 Å². The van der Waals surface area contributed by atoms with Crippen molar-refractivity contribution in [1.29, 1.82) is 0 Å². The van der Waals surface area contributed by atoms with E-state index < -0.39 is 22.0 Å². The summed E-state index contributed by atoms with van der Waals surface area (Å²) < 4.78 is 25.3. The molecule has 0 N–H and O–H groups in total. The maximum absolute atomic E-state index is 12.9. The lowest BCUT2D eigenvalue weighted by Gasteiger charge is -2.30. The second-order valence-electron chi connectivity index (χ2n) is 9.30. The van der Waals surface area contributed by atoms with Gasteiger partial charge in [0.2, 0.25) is 21.8 Å². The average Bonchev–Trinajstić information content (AvgIpc) is 3.19. The Balaban J connectivity index is 1.39. The molecule has 0 saturated carbocycles. The number of sulfonamides is 1. The van der Waals surface area contributed by atoms with E-state index in [1.165, 1.54) is 51.7 Å². The van der Waals surface area contributed by atoms with Crippen molar-refractivity contribution >= 4 is 21.8 Å². The SMILES string of the molecule is CCC[C@H]1C(=O)N(S(C)(=O)=O)C2=CCN(C(=O)CCCCCCCCCN3CCC3)[C@@H]21. The summed E-state index contributed by atoms with van der Waals surface area (Å²) in [6.45, 7) is 6.19. The number of fused-ring (bicyclic) bond motifs is 1. The predicted octanol–water partition coefficient (Wildman–Crippen LogP) is 3.13. The van der Waals surface area contributed by atoms with Gasteiger partial charge in [-0.05, 0) is 51.4 Å². The predicted molar refractivity (Wildman–Crippen MR) is 122 cm³/mol. The van der Waals surface area contributed by atoms with Crippen LogP contribution in [0.5, 0.6) is 0 Å². The van der Waals surface area contributed by atoms with Crippen LogP contribution in [0.1, 0.15) is 77.6 Å². The zero-order chi connectivity index (χ0) is 22.4. The molecule has 0 radical (unpaired) electrons. The molecule has 3 heterocycles. The average molecular weight is 454 g/mol. The standard InChI is InChI=1S/C23H39N3O4S/c1-3-12-19-22-20(26(23(19)28)31(2,29)30)14-18-25(22)21(27)13-9-7-5-4-6-8-10-15-24-16-11-17-24/h14,19,22H,3-13,15-18H2,1-2H3/t19-,22-/m1/s1. The summed E-state index contributed by atoms with van der Waals surface area (Å²) in [6, 6.07) is -0.416. The first-order valence-electron chi connectivity index (χ1n) is 12.1. The summed E-state index contributed by atoms with van der Waals surface area (Å²) in [5.74, 6) is -0.795. The third-order valence-corrected chi connectivity index (χ3v) is 7.89. The van der Waals surface area contributed by atoms with Crippen LogP contribution in [0.3, 0.4) is 0 Å². The largest absolute Gasteiger partial charge is 0.330 e. The van der Waals surface area contributed by atoms with Crippen molar-refractivity contribution in [3.05, 3.63) is 11.8 Å². The van der Waals surface area contributed by atoms with E-state index in [-0.39, 0.29) is 11.8 Å². The first-order valence-corrected chi connectivity index (χ1v) is 14.0. The lowest BCUT2D eigenvalue weighted by molar-refractivity contribution is -0.133. The van der Waals surface area contributed by atoms with Crippen LogP contribution in [0, 0.1) is 5.92 Å². The number of hydrogen-bond donors (Lipinski definition) is 0. The molecule has 0 aromatic rings. The van der Waals surface area contributed by atoms with Crippen molar-refractivity contribution in [1.82, 2.24) is 14.1 Å². The van der Waals surface area contributed by atoms with Gasteiger partial charge in [-0.15, -0.1) is 0 Å². The first-order chi connectivity index (χ1) is 14.8. The summed E-state index contributed by atoms with van der Waals surface area (Å²) >= 11 is 0. The molecule has 0 aliphatic carbocycles. The molecule has 2 amide bonds. The minimum absolute atomic E-state index is 0.0371. The molecule has 176 valence electrons. The molecule has 0 bridgehead atoms. The van der Waals surface area contributed by atoms with Crippen molar-refractivity contribution in [3.63, 3.8) is 0 Å². The minimum Gasteiger partial charge on any atom is -0.330 e. The molecule has 0 spiro atoms. The van der Waals surface area contributed by atoms with Crippen molar-refractivity contribution in [3.8, 4) is 0 Å². The van der Waals surface area contributed by atoms with E-state index in [1.807, 2.05) is 6.92 Å². The Morgan fingerprint density at radius 1 is 1.06 bits per heavy atom. The molecule has 8 heteroatoms. The highest BCUT2D eigenvalue weighted by molar-refractivity contribution is 7.89. The van der Waals surface area contributed by atoms with Crippen LogP contribution < -0.4 is 0 Å². The van der Waals surface area contributed by atoms with Gasteiger partial charge in [0.1, 0.15) is 0 Å². The van der Waals surface area contributed by atoms with E-state index in [4.69, 9.17) is 0 Å².